The van der Waals surface area contributed by atoms with Crippen molar-refractivity contribution in [2.45, 2.75) is 20.5 Å². The molecule has 0 radical (unpaired) electrons. The van der Waals surface area contributed by atoms with Gasteiger partial charge in [0, 0.05) is 11.4 Å². The van der Waals surface area contributed by atoms with E-state index in [4.69, 9.17) is 4.84 Å². The third kappa shape index (κ3) is 3.42. The summed E-state index contributed by atoms with van der Waals surface area (Å²) in [6, 6.07) is 16.1. The van der Waals surface area contributed by atoms with Crippen molar-refractivity contribution in [2.24, 2.45) is 5.16 Å². The van der Waals surface area contributed by atoms with Crippen LogP contribution in [0.3, 0.4) is 0 Å². The average molecular weight is 414 g/mol. The minimum Gasteiger partial charge on any atom is -0.387 e. The van der Waals surface area contributed by atoms with Gasteiger partial charge in [-0.2, -0.15) is 0 Å². The molecule has 5 rings (SSSR count). The molecule has 31 heavy (non-hydrogen) atoms. The van der Waals surface area contributed by atoms with Gasteiger partial charge in [0.2, 0.25) is 0 Å². The first kappa shape index (κ1) is 18.9. The van der Waals surface area contributed by atoms with Crippen molar-refractivity contribution in [2.75, 3.05) is 0 Å². The van der Waals surface area contributed by atoms with Crippen molar-refractivity contribution in [3.8, 4) is 5.69 Å². The molecular formula is C23H19FN6O. The first-order chi connectivity index (χ1) is 15.1. The summed E-state index contributed by atoms with van der Waals surface area (Å²) < 4.78 is 17.0. The van der Waals surface area contributed by atoms with Crippen molar-refractivity contribution in [1.29, 1.82) is 0 Å². The van der Waals surface area contributed by atoms with Gasteiger partial charge in [-0.15, -0.1) is 5.10 Å². The third-order valence-corrected chi connectivity index (χ3v) is 5.23. The Hall–Kier alpha value is -4.07. The number of benzene rings is 2. The quantitative estimate of drug-likeness (QED) is 0.316. The predicted molar refractivity (Wildman–Crippen MR) is 116 cm³/mol. The Morgan fingerprint density at radius 3 is 2.58 bits per heavy atom. The van der Waals surface area contributed by atoms with E-state index in [1.807, 2.05) is 48.7 Å². The zero-order valence-corrected chi connectivity index (χ0v) is 17.0. The number of fused-ring (bicyclic) bond motifs is 3. The maximum atomic E-state index is 13.4. The highest BCUT2D eigenvalue weighted by Gasteiger charge is 2.19. The van der Waals surface area contributed by atoms with Crippen molar-refractivity contribution >= 4 is 22.9 Å². The normalized spacial score (nSPS) is 11.7. The Balaban J connectivity index is 1.49. The number of hydrogen-bond donors (Lipinski definition) is 0. The van der Waals surface area contributed by atoms with E-state index in [0.717, 1.165) is 33.5 Å². The summed E-state index contributed by atoms with van der Waals surface area (Å²) in [6.45, 7) is 4.17. The van der Waals surface area contributed by atoms with E-state index in [1.54, 1.807) is 29.2 Å². The van der Waals surface area contributed by atoms with Gasteiger partial charge in [0.25, 0.3) is 0 Å². The molecule has 3 heterocycles. The van der Waals surface area contributed by atoms with Crippen LogP contribution >= 0.6 is 0 Å². The van der Waals surface area contributed by atoms with E-state index < -0.39 is 0 Å². The highest BCUT2D eigenvalue weighted by molar-refractivity contribution is 5.94. The Morgan fingerprint density at radius 2 is 1.81 bits per heavy atom. The van der Waals surface area contributed by atoms with Gasteiger partial charge in [-0.25, -0.2) is 18.9 Å². The monoisotopic (exact) mass is 414 g/mol. The van der Waals surface area contributed by atoms with Gasteiger partial charge >= 0.3 is 0 Å². The highest BCUT2D eigenvalue weighted by atomic mass is 19.1. The van der Waals surface area contributed by atoms with E-state index in [1.165, 1.54) is 12.1 Å². The third-order valence-electron chi connectivity index (χ3n) is 5.23. The molecule has 0 saturated carbocycles. The molecule has 0 saturated heterocycles. The van der Waals surface area contributed by atoms with Crippen molar-refractivity contribution < 1.29 is 9.23 Å². The van der Waals surface area contributed by atoms with Gasteiger partial charge in [-0.1, -0.05) is 35.5 Å². The number of aryl methyl sites for hydroxylation is 1. The zero-order valence-electron chi connectivity index (χ0n) is 17.0. The molecule has 2 aromatic carbocycles. The minimum atomic E-state index is -0.276. The average Bonchev–Trinajstić information content (AvgIpc) is 3.31. The molecule has 0 spiro atoms. The lowest BCUT2D eigenvalue weighted by Gasteiger charge is -2.07. The van der Waals surface area contributed by atoms with Gasteiger partial charge < -0.3 is 4.84 Å². The number of aromatic nitrogens is 5. The topological polar surface area (TPSA) is 69.6 Å². The molecule has 0 aliphatic rings. The molecule has 0 aliphatic heterocycles. The van der Waals surface area contributed by atoms with Crippen LogP contribution in [0, 0.1) is 19.7 Å². The largest absolute Gasteiger partial charge is 0.387 e. The standard InChI is InChI=1S/C23H19FN6O/c1-15-16(2)30(19-10-8-18(24)9-11-19)22-21(15)23-27-20(28-29(23)14-25-22)13-31-26-12-17-6-4-3-5-7-17/h3-12,14H,13H2,1-2H3/b26-12+. The van der Waals surface area contributed by atoms with Crippen LogP contribution < -0.4 is 0 Å². The Morgan fingerprint density at radius 1 is 1.03 bits per heavy atom. The van der Waals surface area contributed by atoms with Gasteiger partial charge in [-0.3, -0.25) is 4.57 Å². The fourth-order valence-electron chi connectivity index (χ4n) is 3.60. The number of oxime groups is 1. The lowest BCUT2D eigenvalue weighted by atomic mass is 10.2. The number of nitrogens with zero attached hydrogens (tertiary/aromatic N) is 6. The van der Waals surface area contributed by atoms with Crippen LogP contribution in [0.15, 0.2) is 66.1 Å². The van der Waals surface area contributed by atoms with Gasteiger partial charge in [0.05, 0.1) is 11.6 Å². The number of hydrogen-bond acceptors (Lipinski definition) is 5. The zero-order chi connectivity index (χ0) is 21.4. The van der Waals surface area contributed by atoms with Crippen LogP contribution in [0.25, 0.3) is 22.4 Å². The lowest BCUT2D eigenvalue weighted by Crippen LogP contribution is -1.99. The summed E-state index contributed by atoms with van der Waals surface area (Å²) in [5, 5.41) is 9.34. The van der Waals surface area contributed by atoms with E-state index in [0.29, 0.717) is 11.5 Å². The molecule has 0 amide bonds. The van der Waals surface area contributed by atoms with Crippen LogP contribution in [0.1, 0.15) is 22.6 Å². The van der Waals surface area contributed by atoms with Crippen molar-refractivity contribution in [3.63, 3.8) is 0 Å². The van der Waals surface area contributed by atoms with Crippen molar-refractivity contribution in [1.82, 2.24) is 24.1 Å². The molecule has 8 heteroatoms. The molecule has 0 bridgehead atoms. The molecule has 5 aromatic rings. The lowest BCUT2D eigenvalue weighted by molar-refractivity contribution is 0.126. The maximum absolute atomic E-state index is 13.4. The second kappa shape index (κ2) is 7.64. The molecule has 3 aromatic heterocycles. The molecule has 7 nitrogen and oxygen atoms in total. The molecule has 0 unspecified atom stereocenters. The SMILES string of the molecule is Cc1c(C)n(-c2ccc(F)cc2)c2ncn3nc(CO/N=C/c4ccccc4)nc3c12. The second-order valence-corrected chi connectivity index (χ2v) is 7.18. The smallest absolute Gasteiger partial charge is 0.192 e. The van der Waals surface area contributed by atoms with Gasteiger partial charge in [-0.05, 0) is 49.2 Å². The van der Waals surface area contributed by atoms with Gasteiger partial charge in [0.15, 0.2) is 23.7 Å². The molecule has 0 fully saturated rings. The van der Waals surface area contributed by atoms with Crippen molar-refractivity contribution in [3.05, 3.63) is 89.4 Å². The second-order valence-electron chi connectivity index (χ2n) is 7.18. The fraction of sp³-hybridized carbons (Fsp3) is 0.130. The number of rotatable bonds is 5. The summed E-state index contributed by atoms with van der Waals surface area (Å²) in [5.41, 5.74) is 5.28. The molecule has 154 valence electrons. The molecule has 0 N–H and O–H groups in total. The Kier molecular flexibility index (Phi) is 4.66. The highest BCUT2D eigenvalue weighted by Crippen LogP contribution is 2.29. The van der Waals surface area contributed by atoms with Crippen LogP contribution in [0.2, 0.25) is 0 Å². The number of halogens is 1. The fourth-order valence-corrected chi connectivity index (χ4v) is 3.60. The van der Waals surface area contributed by atoms with Crippen LogP contribution in [-0.2, 0) is 11.4 Å². The van der Waals surface area contributed by atoms with Crippen LogP contribution in [0.5, 0.6) is 0 Å². The maximum Gasteiger partial charge on any atom is 0.192 e. The molecule has 0 atom stereocenters. The van der Waals surface area contributed by atoms with Crippen LogP contribution in [0.4, 0.5) is 4.39 Å². The predicted octanol–water partition coefficient (Wildman–Crippen LogP) is 4.37. The van der Waals surface area contributed by atoms with Gasteiger partial charge in [0.1, 0.15) is 12.1 Å². The van der Waals surface area contributed by atoms with Crippen LogP contribution in [-0.4, -0.2) is 30.4 Å². The summed E-state index contributed by atoms with van der Waals surface area (Å²) >= 11 is 0. The summed E-state index contributed by atoms with van der Waals surface area (Å²) in [6.07, 6.45) is 3.27. The van der Waals surface area contributed by atoms with E-state index >= 15 is 0 Å². The Bertz CT molecular complexity index is 1400. The van der Waals surface area contributed by atoms with E-state index in [-0.39, 0.29) is 12.4 Å². The van der Waals surface area contributed by atoms with E-state index in [9.17, 15) is 4.39 Å². The Labute approximate surface area is 177 Å². The summed E-state index contributed by atoms with van der Waals surface area (Å²) in [4.78, 5) is 14.6. The first-order valence-electron chi connectivity index (χ1n) is 9.80. The van der Waals surface area contributed by atoms with E-state index in [2.05, 4.69) is 20.2 Å². The minimum absolute atomic E-state index is 0.142. The molecule has 0 aliphatic carbocycles. The summed E-state index contributed by atoms with van der Waals surface area (Å²) in [5.74, 6) is 0.230. The molecular weight excluding hydrogens is 395 g/mol. The summed E-state index contributed by atoms with van der Waals surface area (Å²) in [7, 11) is 0. The first-order valence-corrected chi connectivity index (χ1v) is 9.80.